The second-order valence-corrected chi connectivity index (χ2v) is 14.7. The molecule has 0 radical (unpaired) electrons. The lowest BCUT2D eigenvalue weighted by atomic mass is 9.92. The summed E-state index contributed by atoms with van der Waals surface area (Å²) < 4.78 is 13.9. The van der Waals surface area contributed by atoms with Crippen LogP contribution in [0.1, 0.15) is 20.7 Å². The van der Waals surface area contributed by atoms with Crippen LogP contribution in [-0.2, 0) is 0 Å². The van der Waals surface area contributed by atoms with Crippen molar-refractivity contribution in [2.75, 3.05) is 0 Å². The third-order valence-corrected chi connectivity index (χ3v) is 11.0. The van der Waals surface area contributed by atoms with Crippen LogP contribution in [0.5, 0.6) is 23.0 Å². The van der Waals surface area contributed by atoms with E-state index in [1.807, 2.05) is 133 Å². The van der Waals surface area contributed by atoms with Crippen LogP contribution in [-0.4, -0.2) is 22.2 Å². The summed E-state index contributed by atoms with van der Waals surface area (Å²) in [5, 5.41) is 27.2. The zero-order chi connectivity index (χ0) is 40.7. The first-order valence-electron chi connectivity index (χ1n) is 19.5. The maximum Gasteiger partial charge on any atom is 0.335 e. The van der Waals surface area contributed by atoms with Crippen molar-refractivity contribution >= 4 is 55.0 Å². The SMILES string of the molecule is O=C(O)c1cc(-c2ccccc2)c2cc(Oc3ccc4ccccc4c3-c3c(Oc4ccc5cc(C(=O)O)cc(-c6ccccc6)c5c4)ccc4ccccc34)ccc2c1. The molecule has 0 aliphatic rings. The maximum absolute atomic E-state index is 12.2. The number of carboxylic acid groups (broad SMARTS) is 2. The fourth-order valence-electron chi connectivity index (χ4n) is 8.20. The number of hydrogen-bond donors (Lipinski definition) is 2. The smallest absolute Gasteiger partial charge is 0.335 e. The Hall–Kier alpha value is -8.22. The van der Waals surface area contributed by atoms with Gasteiger partial charge in [0.2, 0.25) is 0 Å². The van der Waals surface area contributed by atoms with E-state index in [4.69, 9.17) is 9.47 Å². The Kier molecular flexibility index (Phi) is 9.00. The molecule has 6 nitrogen and oxygen atoms in total. The summed E-state index contributed by atoms with van der Waals surface area (Å²) in [4.78, 5) is 24.3. The maximum atomic E-state index is 12.2. The molecule has 10 rings (SSSR count). The highest BCUT2D eigenvalue weighted by molar-refractivity contribution is 6.10. The van der Waals surface area contributed by atoms with E-state index in [-0.39, 0.29) is 11.1 Å². The summed E-state index contributed by atoms with van der Waals surface area (Å²) in [5.74, 6) is 0.427. The van der Waals surface area contributed by atoms with Gasteiger partial charge in [-0.25, -0.2) is 9.59 Å². The molecule has 0 atom stereocenters. The quantitative estimate of drug-likeness (QED) is 0.152. The molecule has 0 unspecified atom stereocenters. The summed E-state index contributed by atoms with van der Waals surface area (Å²) in [6, 6.07) is 62.3. The monoisotopic (exact) mass is 778 g/mol. The first-order chi connectivity index (χ1) is 29.4. The minimum absolute atomic E-state index is 0.211. The van der Waals surface area contributed by atoms with Crippen molar-refractivity contribution < 1.29 is 29.3 Å². The van der Waals surface area contributed by atoms with Gasteiger partial charge in [-0.3, -0.25) is 0 Å². The lowest BCUT2D eigenvalue weighted by Gasteiger charge is -2.20. The molecule has 0 fully saturated rings. The molecule has 60 heavy (non-hydrogen) atoms. The Balaban J connectivity index is 1.15. The van der Waals surface area contributed by atoms with Crippen molar-refractivity contribution in [1.82, 2.24) is 0 Å². The number of carboxylic acids is 2. The Bertz CT molecular complexity index is 3090. The second kappa shape index (κ2) is 14.9. The zero-order valence-electron chi connectivity index (χ0n) is 32.0. The van der Waals surface area contributed by atoms with E-state index in [1.165, 1.54) is 0 Å². The molecule has 0 bridgehead atoms. The third-order valence-electron chi connectivity index (χ3n) is 11.0. The lowest BCUT2D eigenvalue weighted by molar-refractivity contribution is 0.0686. The molecule has 10 aromatic rings. The van der Waals surface area contributed by atoms with Gasteiger partial charge in [0.1, 0.15) is 23.0 Å². The fourth-order valence-corrected chi connectivity index (χ4v) is 8.20. The second-order valence-electron chi connectivity index (χ2n) is 14.7. The van der Waals surface area contributed by atoms with E-state index in [1.54, 1.807) is 24.3 Å². The first kappa shape index (κ1) is 36.1. The Morgan fingerprint density at radius 2 is 0.733 bits per heavy atom. The summed E-state index contributed by atoms with van der Waals surface area (Å²) in [6.07, 6.45) is 0. The minimum atomic E-state index is -0.990. The number of carbonyl (C=O) groups is 2. The molecule has 0 amide bonds. The van der Waals surface area contributed by atoms with Gasteiger partial charge < -0.3 is 19.7 Å². The molecule has 6 heteroatoms. The van der Waals surface area contributed by atoms with Gasteiger partial charge >= 0.3 is 11.9 Å². The molecule has 286 valence electrons. The number of aromatic carboxylic acids is 2. The standard InChI is InChI=1S/C54H34O6/c55-53(56)39-27-37-19-23-41(31-47(37)45(29-39)33-11-3-1-4-12-33)59-49-25-21-35-15-7-9-17-43(35)51(49)52-44-18-10-8-16-36(44)22-26-50(52)60-42-24-20-38-28-40(54(57)58)30-46(48(38)32-42)34-13-5-2-6-14-34/h1-32H,(H,55,56)(H,57,58). The van der Waals surface area contributed by atoms with Gasteiger partial charge in [-0.05, 0) is 126 Å². The van der Waals surface area contributed by atoms with Crippen molar-refractivity contribution in [2.24, 2.45) is 0 Å². The van der Waals surface area contributed by atoms with Crippen LogP contribution >= 0.6 is 0 Å². The van der Waals surface area contributed by atoms with Crippen LogP contribution < -0.4 is 9.47 Å². The number of hydrogen-bond acceptors (Lipinski definition) is 4. The van der Waals surface area contributed by atoms with Crippen LogP contribution in [0, 0.1) is 0 Å². The van der Waals surface area contributed by atoms with Gasteiger partial charge in [0.05, 0.1) is 11.1 Å². The van der Waals surface area contributed by atoms with E-state index in [2.05, 4.69) is 36.4 Å². The molecule has 0 aromatic heterocycles. The largest absolute Gasteiger partial charge is 0.478 e. The van der Waals surface area contributed by atoms with E-state index in [0.29, 0.717) is 23.0 Å². The highest BCUT2D eigenvalue weighted by Gasteiger charge is 2.21. The van der Waals surface area contributed by atoms with Crippen LogP contribution in [0.25, 0.3) is 76.5 Å². The van der Waals surface area contributed by atoms with Crippen LogP contribution in [0.15, 0.2) is 194 Å². The van der Waals surface area contributed by atoms with Gasteiger partial charge in [0, 0.05) is 11.1 Å². The number of ether oxygens (including phenoxy) is 2. The average Bonchev–Trinajstić information content (AvgIpc) is 3.29. The van der Waals surface area contributed by atoms with Gasteiger partial charge in [0.25, 0.3) is 0 Å². The van der Waals surface area contributed by atoms with Gasteiger partial charge in [-0.15, -0.1) is 0 Å². The summed E-state index contributed by atoms with van der Waals surface area (Å²) in [7, 11) is 0. The predicted octanol–water partition coefficient (Wildman–Crippen LogP) is 14.3. The minimum Gasteiger partial charge on any atom is -0.478 e. The molecule has 10 aromatic carbocycles. The number of fused-ring (bicyclic) bond motifs is 4. The van der Waals surface area contributed by atoms with E-state index in [9.17, 15) is 19.8 Å². The molecular formula is C54H34O6. The molecule has 0 saturated heterocycles. The van der Waals surface area contributed by atoms with E-state index >= 15 is 0 Å². The summed E-state index contributed by atoms with van der Waals surface area (Å²) in [5.41, 5.74) is 5.51. The first-order valence-corrected chi connectivity index (χ1v) is 19.5. The Morgan fingerprint density at radius 3 is 1.15 bits per heavy atom. The van der Waals surface area contributed by atoms with Crippen molar-refractivity contribution in [3.63, 3.8) is 0 Å². The number of rotatable bonds is 9. The summed E-state index contributed by atoms with van der Waals surface area (Å²) >= 11 is 0. The van der Waals surface area contributed by atoms with E-state index in [0.717, 1.165) is 76.5 Å². The van der Waals surface area contributed by atoms with Gasteiger partial charge in [0.15, 0.2) is 0 Å². The molecule has 0 saturated carbocycles. The Labute approximate surface area is 344 Å². The highest BCUT2D eigenvalue weighted by Crippen LogP contribution is 2.48. The van der Waals surface area contributed by atoms with Crippen LogP contribution in [0.4, 0.5) is 0 Å². The van der Waals surface area contributed by atoms with Gasteiger partial charge in [-0.2, -0.15) is 0 Å². The molecule has 0 aliphatic carbocycles. The fraction of sp³-hybridized carbons (Fsp3) is 0. The van der Waals surface area contributed by atoms with Crippen molar-refractivity contribution in [2.45, 2.75) is 0 Å². The molecule has 0 heterocycles. The molecule has 0 aliphatic heterocycles. The normalized spacial score (nSPS) is 11.3. The molecule has 0 spiro atoms. The summed E-state index contributed by atoms with van der Waals surface area (Å²) in [6.45, 7) is 0. The van der Waals surface area contributed by atoms with E-state index < -0.39 is 11.9 Å². The van der Waals surface area contributed by atoms with Gasteiger partial charge in [-0.1, -0.05) is 133 Å². The third kappa shape index (κ3) is 6.62. The zero-order valence-corrected chi connectivity index (χ0v) is 32.0. The topological polar surface area (TPSA) is 93.1 Å². The average molecular weight is 779 g/mol. The van der Waals surface area contributed by atoms with Crippen molar-refractivity contribution in [1.29, 1.82) is 0 Å². The Morgan fingerprint density at radius 1 is 0.350 bits per heavy atom. The lowest BCUT2D eigenvalue weighted by Crippen LogP contribution is -1.98. The van der Waals surface area contributed by atoms with Crippen molar-refractivity contribution in [3.8, 4) is 56.4 Å². The predicted molar refractivity (Wildman–Crippen MR) is 240 cm³/mol. The van der Waals surface area contributed by atoms with Crippen LogP contribution in [0.2, 0.25) is 0 Å². The highest BCUT2D eigenvalue weighted by atomic mass is 16.5. The van der Waals surface area contributed by atoms with Crippen molar-refractivity contribution in [3.05, 3.63) is 205 Å². The number of benzene rings is 10. The molecule has 2 N–H and O–H groups in total. The van der Waals surface area contributed by atoms with Crippen LogP contribution in [0.3, 0.4) is 0 Å². The molecular weight excluding hydrogens is 745 g/mol.